The van der Waals surface area contributed by atoms with Crippen molar-refractivity contribution in [2.45, 2.75) is 10.9 Å². The Morgan fingerprint density at radius 1 is 1.18 bits per heavy atom. The van der Waals surface area contributed by atoms with Crippen molar-refractivity contribution in [2.75, 3.05) is 11.5 Å². The molecule has 2 aromatic rings. The van der Waals surface area contributed by atoms with Gasteiger partial charge in [-0.05, 0) is 17.7 Å². The quantitative estimate of drug-likeness (QED) is 0.502. The highest BCUT2D eigenvalue weighted by molar-refractivity contribution is 7.98. The summed E-state index contributed by atoms with van der Waals surface area (Å²) in [4.78, 5) is 12.1. The van der Waals surface area contributed by atoms with Crippen molar-refractivity contribution in [3.63, 3.8) is 0 Å². The van der Waals surface area contributed by atoms with E-state index >= 15 is 0 Å². The summed E-state index contributed by atoms with van der Waals surface area (Å²) in [6.45, 7) is 0. The molecule has 17 heavy (non-hydrogen) atoms. The van der Waals surface area contributed by atoms with Gasteiger partial charge in [-0.2, -0.15) is 0 Å². The molecule has 0 atom stereocenters. The zero-order chi connectivity index (χ0) is 12.3. The summed E-state index contributed by atoms with van der Waals surface area (Å²) in [5, 5.41) is 1.02. The molecule has 2 heterocycles. The molecular formula is C10H10ClN5S. The molecule has 5 nitrogen and oxygen atoms in total. The number of thioether (sulfide) groups is 1. The fourth-order valence-corrected chi connectivity index (χ4v) is 2.22. The monoisotopic (exact) mass is 267 g/mol. The van der Waals surface area contributed by atoms with Crippen molar-refractivity contribution in [3.8, 4) is 0 Å². The molecule has 2 aromatic heterocycles. The second-order valence-corrected chi connectivity index (χ2v) is 4.61. The fourth-order valence-electron chi connectivity index (χ4n) is 1.21. The van der Waals surface area contributed by atoms with E-state index in [9.17, 15) is 0 Å². The smallest absolute Gasteiger partial charge is 0.191 e. The summed E-state index contributed by atoms with van der Waals surface area (Å²) in [7, 11) is 0. The average Bonchev–Trinajstić information content (AvgIpc) is 2.25. The molecule has 0 saturated heterocycles. The molecule has 0 saturated carbocycles. The zero-order valence-electron chi connectivity index (χ0n) is 8.80. The normalized spacial score (nSPS) is 10.4. The third-order valence-electron chi connectivity index (χ3n) is 1.90. The minimum atomic E-state index is 0.368. The topological polar surface area (TPSA) is 90.7 Å². The van der Waals surface area contributed by atoms with Crippen LogP contribution in [0.2, 0.25) is 5.15 Å². The van der Waals surface area contributed by atoms with E-state index in [0.29, 0.717) is 27.7 Å². The van der Waals surface area contributed by atoms with E-state index in [0.717, 1.165) is 5.56 Å². The summed E-state index contributed by atoms with van der Waals surface area (Å²) in [6.07, 6.45) is 1.66. The number of aromatic nitrogens is 3. The van der Waals surface area contributed by atoms with Crippen LogP contribution in [0, 0.1) is 0 Å². The van der Waals surface area contributed by atoms with Crippen LogP contribution in [0.4, 0.5) is 11.6 Å². The maximum absolute atomic E-state index is 5.79. The minimum Gasteiger partial charge on any atom is -0.383 e. The third-order valence-corrected chi connectivity index (χ3v) is 3.03. The van der Waals surface area contributed by atoms with Crippen molar-refractivity contribution in [2.24, 2.45) is 0 Å². The predicted molar refractivity (Wildman–Crippen MR) is 69.7 cm³/mol. The van der Waals surface area contributed by atoms with E-state index < -0.39 is 0 Å². The molecule has 88 valence electrons. The molecule has 0 aliphatic carbocycles. The van der Waals surface area contributed by atoms with E-state index in [4.69, 9.17) is 23.1 Å². The molecule has 4 N–H and O–H groups in total. The molecule has 0 aromatic carbocycles. The Kier molecular flexibility index (Phi) is 3.65. The van der Waals surface area contributed by atoms with Gasteiger partial charge in [0.05, 0.1) is 0 Å². The fraction of sp³-hybridized carbons (Fsp3) is 0.100. The van der Waals surface area contributed by atoms with Crippen molar-refractivity contribution in [1.82, 2.24) is 15.0 Å². The highest BCUT2D eigenvalue weighted by Crippen LogP contribution is 2.21. The van der Waals surface area contributed by atoms with Crippen LogP contribution < -0.4 is 11.5 Å². The molecule has 0 fully saturated rings. The van der Waals surface area contributed by atoms with E-state index in [1.165, 1.54) is 17.8 Å². The van der Waals surface area contributed by atoms with Crippen LogP contribution in [0.3, 0.4) is 0 Å². The van der Waals surface area contributed by atoms with Gasteiger partial charge < -0.3 is 11.5 Å². The van der Waals surface area contributed by atoms with Gasteiger partial charge in [0.1, 0.15) is 16.8 Å². The van der Waals surface area contributed by atoms with E-state index in [1.807, 2.05) is 6.07 Å². The van der Waals surface area contributed by atoms with Crippen LogP contribution in [-0.4, -0.2) is 15.0 Å². The number of anilines is 2. The molecule has 0 radical (unpaired) electrons. The number of nitrogens with zero attached hydrogens (tertiary/aromatic N) is 3. The first-order valence-electron chi connectivity index (χ1n) is 4.77. The van der Waals surface area contributed by atoms with Crippen LogP contribution >= 0.6 is 23.4 Å². The number of hydrogen-bond donors (Lipinski definition) is 2. The lowest BCUT2D eigenvalue weighted by Gasteiger charge is -2.03. The van der Waals surface area contributed by atoms with Gasteiger partial charge in [-0.15, -0.1) is 0 Å². The lowest BCUT2D eigenvalue weighted by molar-refractivity contribution is 0.984. The molecule has 0 amide bonds. The van der Waals surface area contributed by atoms with E-state index in [2.05, 4.69) is 15.0 Å². The highest BCUT2D eigenvalue weighted by Gasteiger charge is 2.02. The van der Waals surface area contributed by atoms with Crippen LogP contribution in [0.5, 0.6) is 0 Å². The number of rotatable bonds is 3. The molecule has 7 heteroatoms. The lowest BCUT2D eigenvalue weighted by atomic mass is 10.3. The van der Waals surface area contributed by atoms with Gasteiger partial charge in [0.25, 0.3) is 0 Å². The predicted octanol–water partition coefficient (Wildman–Crippen LogP) is 1.98. The number of pyridine rings is 1. The van der Waals surface area contributed by atoms with Crippen LogP contribution in [-0.2, 0) is 5.75 Å². The Labute approximate surface area is 108 Å². The zero-order valence-corrected chi connectivity index (χ0v) is 10.4. The van der Waals surface area contributed by atoms with Crippen LogP contribution in [0.25, 0.3) is 0 Å². The Hall–Kier alpha value is -1.53. The maximum atomic E-state index is 5.79. The number of nitrogen functional groups attached to an aromatic ring is 2. The van der Waals surface area contributed by atoms with E-state index in [-0.39, 0.29) is 0 Å². The first-order chi connectivity index (χ1) is 8.13. The molecule has 0 unspecified atom stereocenters. The van der Waals surface area contributed by atoms with Crippen molar-refractivity contribution in [3.05, 3.63) is 35.1 Å². The summed E-state index contributed by atoms with van der Waals surface area (Å²) in [5.41, 5.74) is 12.2. The first-order valence-corrected chi connectivity index (χ1v) is 6.13. The number of hydrogen-bond acceptors (Lipinski definition) is 6. The van der Waals surface area contributed by atoms with Crippen LogP contribution in [0.1, 0.15) is 5.56 Å². The van der Waals surface area contributed by atoms with Crippen LogP contribution in [0.15, 0.2) is 29.6 Å². The average molecular weight is 268 g/mol. The SMILES string of the molecule is Nc1cc(N)nc(SCc2ccnc(Cl)c2)n1. The Morgan fingerprint density at radius 3 is 2.53 bits per heavy atom. The van der Waals surface area contributed by atoms with Gasteiger partial charge in [-0.3, -0.25) is 0 Å². The second-order valence-electron chi connectivity index (χ2n) is 3.28. The Morgan fingerprint density at radius 2 is 1.88 bits per heavy atom. The molecule has 0 spiro atoms. The van der Waals surface area contributed by atoms with Crippen molar-refractivity contribution < 1.29 is 0 Å². The van der Waals surface area contributed by atoms with Gasteiger partial charge in [-0.25, -0.2) is 15.0 Å². The molecular weight excluding hydrogens is 258 g/mol. The maximum Gasteiger partial charge on any atom is 0.191 e. The second kappa shape index (κ2) is 5.20. The largest absolute Gasteiger partial charge is 0.383 e. The lowest BCUT2D eigenvalue weighted by Crippen LogP contribution is -1.99. The number of halogens is 1. The van der Waals surface area contributed by atoms with Gasteiger partial charge in [0.15, 0.2) is 5.16 Å². The van der Waals surface area contributed by atoms with Gasteiger partial charge in [-0.1, -0.05) is 23.4 Å². The standard InChI is InChI=1S/C10H10ClN5S/c11-7-3-6(1-2-14-7)5-17-10-15-8(12)4-9(13)16-10/h1-4H,5H2,(H4,12,13,15,16). The molecule has 2 rings (SSSR count). The molecule has 0 bridgehead atoms. The minimum absolute atomic E-state index is 0.368. The summed E-state index contributed by atoms with van der Waals surface area (Å²) in [6, 6.07) is 5.20. The van der Waals surface area contributed by atoms with E-state index in [1.54, 1.807) is 12.3 Å². The Bertz CT molecular complexity index is 514. The number of nitrogens with two attached hydrogens (primary N) is 2. The highest BCUT2D eigenvalue weighted by atomic mass is 35.5. The van der Waals surface area contributed by atoms with Gasteiger partial charge in [0, 0.05) is 18.0 Å². The molecule has 0 aliphatic heterocycles. The Balaban J connectivity index is 2.07. The van der Waals surface area contributed by atoms with Gasteiger partial charge in [0.2, 0.25) is 0 Å². The van der Waals surface area contributed by atoms with Gasteiger partial charge >= 0.3 is 0 Å². The van der Waals surface area contributed by atoms with Crippen molar-refractivity contribution >= 4 is 35.0 Å². The summed E-state index contributed by atoms with van der Waals surface area (Å²) < 4.78 is 0. The third kappa shape index (κ3) is 3.47. The molecule has 0 aliphatic rings. The van der Waals surface area contributed by atoms with Crippen molar-refractivity contribution in [1.29, 1.82) is 0 Å². The summed E-state index contributed by atoms with van der Waals surface area (Å²) in [5.74, 6) is 1.42. The summed E-state index contributed by atoms with van der Waals surface area (Å²) >= 11 is 7.23. The first kappa shape index (κ1) is 11.9.